The Hall–Kier alpha value is -3.28. The first-order chi connectivity index (χ1) is 12.2. The van der Waals surface area contributed by atoms with Crippen molar-refractivity contribution in [1.29, 1.82) is 5.26 Å². The zero-order valence-electron chi connectivity index (χ0n) is 14.1. The van der Waals surface area contributed by atoms with Crippen LogP contribution in [0, 0.1) is 25.2 Å². The molecule has 4 rings (SSSR count). The van der Waals surface area contributed by atoms with Crippen LogP contribution in [0.25, 0.3) is 5.65 Å². The molecule has 0 atom stereocenters. The number of nitrogens with zero attached hydrogens (tertiary/aromatic N) is 9. The third-order valence-corrected chi connectivity index (χ3v) is 4.60. The summed E-state index contributed by atoms with van der Waals surface area (Å²) < 4.78 is 1.67. The minimum atomic E-state index is 0.616. The molecule has 0 spiro atoms. The van der Waals surface area contributed by atoms with Crippen molar-refractivity contribution in [3.8, 4) is 6.07 Å². The number of aryl methyl sites for hydroxylation is 1. The molecule has 1 fully saturated rings. The van der Waals surface area contributed by atoms with E-state index in [1.807, 2.05) is 26.0 Å². The lowest BCUT2D eigenvalue weighted by molar-refractivity contribution is 0.631. The first-order valence-corrected chi connectivity index (χ1v) is 8.08. The number of hydrogen-bond acceptors (Lipinski definition) is 8. The molecule has 9 heteroatoms. The Bertz CT molecular complexity index is 963. The zero-order chi connectivity index (χ0) is 17.4. The fourth-order valence-electron chi connectivity index (χ4n) is 2.99. The van der Waals surface area contributed by atoms with Gasteiger partial charge in [-0.2, -0.15) is 14.9 Å². The van der Waals surface area contributed by atoms with E-state index in [9.17, 15) is 5.26 Å². The van der Waals surface area contributed by atoms with E-state index in [4.69, 9.17) is 0 Å². The summed E-state index contributed by atoms with van der Waals surface area (Å²) in [6.45, 7) is 6.89. The minimum absolute atomic E-state index is 0.616. The molecule has 0 bridgehead atoms. The van der Waals surface area contributed by atoms with Gasteiger partial charge in [0, 0.05) is 26.2 Å². The van der Waals surface area contributed by atoms with Crippen LogP contribution in [0.5, 0.6) is 0 Å². The average Bonchev–Trinajstić information content (AvgIpc) is 3.12. The van der Waals surface area contributed by atoms with E-state index in [2.05, 4.69) is 41.4 Å². The highest BCUT2D eigenvalue weighted by Gasteiger charge is 2.23. The molecule has 126 valence electrons. The first-order valence-electron chi connectivity index (χ1n) is 8.08. The van der Waals surface area contributed by atoms with Crippen LogP contribution in [0.3, 0.4) is 0 Å². The van der Waals surface area contributed by atoms with Crippen molar-refractivity contribution in [3.05, 3.63) is 35.3 Å². The summed E-state index contributed by atoms with van der Waals surface area (Å²) >= 11 is 0. The van der Waals surface area contributed by atoms with Crippen LogP contribution >= 0.6 is 0 Å². The topological polar surface area (TPSA) is 99.1 Å². The maximum absolute atomic E-state index is 9.49. The van der Waals surface area contributed by atoms with Crippen molar-refractivity contribution < 1.29 is 0 Å². The minimum Gasteiger partial charge on any atom is -0.352 e. The molecule has 1 aliphatic heterocycles. The summed E-state index contributed by atoms with van der Waals surface area (Å²) in [7, 11) is 0. The first kappa shape index (κ1) is 15.3. The molecule has 0 N–H and O–H groups in total. The lowest BCUT2D eigenvalue weighted by Gasteiger charge is -2.36. The third kappa shape index (κ3) is 2.61. The van der Waals surface area contributed by atoms with E-state index >= 15 is 0 Å². The molecule has 3 aromatic heterocycles. The summed E-state index contributed by atoms with van der Waals surface area (Å²) in [6, 6.07) is 6.14. The van der Waals surface area contributed by atoms with Gasteiger partial charge in [0.1, 0.15) is 23.8 Å². The van der Waals surface area contributed by atoms with Crippen LogP contribution in [0.2, 0.25) is 0 Å². The van der Waals surface area contributed by atoms with Gasteiger partial charge in [0.25, 0.3) is 0 Å². The molecular formula is C16H17N9. The molecule has 25 heavy (non-hydrogen) atoms. The van der Waals surface area contributed by atoms with Crippen LogP contribution in [0.15, 0.2) is 18.5 Å². The SMILES string of the molecule is Cc1nnc(N2CCN(c3ccc4nncn4n3)CC2)c(C#N)c1C. The molecule has 0 aromatic carbocycles. The van der Waals surface area contributed by atoms with Crippen molar-refractivity contribution in [2.45, 2.75) is 13.8 Å². The number of fused-ring (bicyclic) bond motifs is 1. The highest BCUT2D eigenvalue weighted by molar-refractivity contribution is 5.58. The molecule has 0 amide bonds. The molecule has 0 unspecified atom stereocenters. The van der Waals surface area contributed by atoms with Crippen molar-refractivity contribution >= 4 is 17.3 Å². The van der Waals surface area contributed by atoms with Gasteiger partial charge in [-0.15, -0.1) is 20.4 Å². The Morgan fingerprint density at radius 3 is 2.52 bits per heavy atom. The summed E-state index contributed by atoms with van der Waals surface area (Å²) in [5.74, 6) is 1.56. The Kier molecular flexibility index (Phi) is 3.65. The molecule has 1 saturated heterocycles. The molecule has 9 nitrogen and oxygen atoms in total. The van der Waals surface area contributed by atoms with Crippen LogP contribution < -0.4 is 9.80 Å². The second-order valence-electron chi connectivity index (χ2n) is 6.02. The van der Waals surface area contributed by atoms with Gasteiger partial charge >= 0.3 is 0 Å². The Morgan fingerprint density at radius 1 is 1.00 bits per heavy atom. The monoisotopic (exact) mass is 335 g/mol. The predicted molar refractivity (Wildman–Crippen MR) is 91.4 cm³/mol. The van der Waals surface area contributed by atoms with Crippen LogP contribution in [0.1, 0.15) is 16.8 Å². The fraction of sp³-hybridized carbons (Fsp3) is 0.375. The smallest absolute Gasteiger partial charge is 0.177 e. The van der Waals surface area contributed by atoms with E-state index in [1.54, 1.807) is 10.8 Å². The number of nitriles is 1. The number of rotatable bonds is 2. The molecule has 4 heterocycles. The average molecular weight is 335 g/mol. The second kappa shape index (κ2) is 5.98. The van der Waals surface area contributed by atoms with Crippen molar-refractivity contribution in [2.24, 2.45) is 0 Å². The predicted octanol–water partition coefficient (Wildman–Crippen LogP) is 0.729. The van der Waals surface area contributed by atoms with Gasteiger partial charge in [0.05, 0.1) is 5.69 Å². The Balaban J connectivity index is 1.54. The van der Waals surface area contributed by atoms with Gasteiger partial charge in [-0.1, -0.05) is 0 Å². The normalized spacial score (nSPS) is 14.8. The molecule has 0 saturated carbocycles. The number of anilines is 2. The van der Waals surface area contributed by atoms with E-state index < -0.39 is 0 Å². The summed E-state index contributed by atoms with van der Waals surface area (Å²) in [4.78, 5) is 4.32. The lowest BCUT2D eigenvalue weighted by atomic mass is 10.1. The maximum Gasteiger partial charge on any atom is 0.177 e. The Labute approximate surface area is 144 Å². The van der Waals surface area contributed by atoms with Gasteiger partial charge in [0.2, 0.25) is 0 Å². The quantitative estimate of drug-likeness (QED) is 0.676. The van der Waals surface area contributed by atoms with Crippen LogP contribution in [-0.4, -0.2) is 56.2 Å². The highest BCUT2D eigenvalue weighted by Crippen LogP contribution is 2.23. The van der Waals surface area contributed by atoms with Crippen molar-refractivity contribution in [1.82, 2.24) is 30.0 Å². The van der Waals surface area contributed by atoms with Gasteiger partial charge < -0.3 is 9.80 Å². The molecular weight excluding hydrogens is 318 g/mol. The number of aromatic nitrogens is 6. The highest BCUT2D eigenvalue weighted by atomic mass is 15.4. The van der Waals surface area contributed by atoms with Crippen molar-refractivity contribution in [3.63, 3.8) is 0 Å². The summed E-state index contributed by atoms with van der Waals surface area (Å²) in [5.41, 5.74) is 3.04. The number of piperazine rings is 1. The summed E-state index contributed by atoms with van der Waals surface area (Å²) in [6.07, 6.45) is 1.60. The van der Waals surface area contributed by atoms with Gasteiger partial charge in [-0.05, 0) is 31.5 Å². The zero-order valence-corrected chi connectivity index (χ0v) is 14.1. The standard InChI is InChI=1S/C16H17N9/c1-11-12(2)19-21-16(13(11)9-17)24-7-5-23(6-8-24)15-4-3-14-20-18-10-25(14)22-15/h3-4,10H,5-8H2,1-2H3. The Morgan fingerprint density at radius 2 is 1.76 bits per heavy atom. The molecule has 1 aliphatic rings. The number of hydrogen-bond donors (Lipinski definition) is 0. The van der Waals surface area contributed by atoms with Gasteiger partial charge in [-0.3, -0.25) is 0 Å². The molecule has 3 aromatic rings. The van der Waals surface area contributed by atoms with Gasteiger partial charge in [-0.25, -0.2) is 0 Å². The fourth-order valence-corrected chi connectivity index (χ4v) is 2.99. The van der Waals surface area contributed by atoms with Crippen molar-refractivity contribution in [2.75, 3.05) is 36.0 Å². The van der Waals surface area contributed by atoms with Crippen LogP contribution in [-0.2, 0) is 0 Å². The second-order valence-corrected chi connectivity index (χ2v) is 6.02. The van der Waals surface area contributed by atoms with E-state index in [-0.39, 0.29) is 0 Å². The van der Waals surface area contributed by atoms with E-state index in [1.165, 1.54) is 0 Å². The largest absolute Gasteiger partial charge is 0.352 e. The summed E-state index contributed by atoms with van der Waals surface area (Å²) in [5, 5.41) is 30.3. The molecule has 0 radical (unpaired) electrons. The van der Waals surface area contributed by atoms with E-state index in [0.717, 1.165) is 48.9 Å². The maximum atomic E-state index is 9.49. The molecule has 0 aliphatic carbocycles. The third-order valence-electron chi connectivity index (χ3n) is 4.60. The van der Waals surface area contributed by atoms with E-state index in [0.29, 0.717) is 11.4 Å². The van der Waals surface area contributed by atoms with Crippen LogP contribution in [0.4, 0.5) is 11.6 Å². The lowest BCUT2D eigenvalue weighted by Crippen LogP contribution is -2.47. The van der Waals surface area contributed by atoms with Gasteiger partial charge in [0.15, 0.2) is 11.5 Å².